The molecule has 0 amide bonds. The molecule has 20 heavy (non-hydrogen) atoms. The number of nitrogens with two attached hydrogens (primary N) is 1. The Kier molecular flexibility index (Phi) is 5.19. The zero-order valence-corrected chi connectivity index (χ0v) is 12.8. The molecule has 1 aromatic rings. The van der Waals surface area contributed by atoms with Crippen molar-refractivity contribution >= 4 is 0 Å². The van der Waals surface area contributed by atoms with Crippen LogP contribution in [0.2, 0.25) is 0 Å². The maximum Gasteiger partial charge on any atom is 0.0555 e. The van der Waals surface area contributed by atoms with Crippen molar-refractivity contribution in [3.63, 3.8) is 0 Å². The summed E-state index contributed by atoms with van der Waals surface area (Å²) >= 11 is 0. The summed E-state index contributed by atoms with van der Waals surface area (Å²) in [6, 6.07) is 9.15. The Bertz CT molecular complexity index is 498. The van der Waals surface area contributed by atoms with E-state index in [2.05, 4.69) is 60.9 Å². The lowest BCUT2D eigenvalue weighted by atomic mass is 10.1. The third-order valence-electron chi connectivity index (χ3n) is 3.98. The lowest BCUT2D eigenvalue weighted by Gasteiger charge is -2.22. The highest BCUT2D eigenvalue weighted by Gasteiger charge is 2.30. The molecule has 0 radical (unpaired) electrons. The fraction of sp³-hybridized carbons (Fsp3) is 0.529. The standard InChI is InChI=1S/C17H25N3/c1-14-11-20(13-17(14)19(2)3)12-16-7-4-6-15(10-16)8-5-9-18/h4,6-7,10,14,17H,9,11-13,18H2,1-3H3. The number of likely N-dealkylation sites (N-methyl/N-ethyl adjacent to an activating group) is 1. The summed E-state index contributed by atoms with van der Waals surface area (Å²) in [5.41, 5.74) is 7.81. The summed E-state index contributed by atoms with van der Waals surface area (Å²) < 4.78 is 0. The van der Waals surface area contributed by atoms with Crippen molar-refractivity contribution in [1.29, 1.82) is 0 Å². The summed E-state index contributed by atoms with van der Waals surface area (Å²) in [5, 5.41) is 0. The van der Waals surface area contributed by atoms with Crippen molar-refractivity contribution in [3.8, 4) is 11.8 Å². The molecule has 2 N–H and O–H groups in total. The van der Waals surface area contributed by atoms with Gasteiger partial charge in [-0.15, -0.1) is 0 Å². The third kappa shape index (κ3) is 3.83. The second kappa shape index (κ2) is 6.90. The van der Waals surface area contributed by atoms with Crippen LogP contribution in [0.5, 0.6) is 0 Å². The Morgan fingerprint density at radius 3 is 2.80 bits per heavy atom. The SMILES string of the molecule is CC1CN(Cc2cccc(C#CCN)c2)CC1N(C)C. The van der Waals surface area contributed by atoms with Gasteiger partial charge in [-0.2, -0.15) is 0 Å². The zero-order valence-electron chi connectivity index (χ0n) is 12.8. The predicted octanol–water partition coefficient (Wildman–Crippen LogP) is 1.38. The molecular weight excluding hydrogens is 246 g/mol. The summed E-state index contributed by atoms with van der Waals surface area (Å²) in [6.07, 6.45) is 0. The van der Waals surface area contributed by atoms with E-state index in [1.807, 2.05) is 6.07 Å². The minimum absolute atomic E-state index is 0.415. The normalized spacial score (nSPS) is 22.9. The molecule has 2 atom stereocenters. The molecule has 1 heterocycles. The molecule has 0 bridgehead atoms. The number of benzene rings is 1. The van der Waals surface area contributed by atoms with Crippen LogP contribution in [0.4, 0.5) is 0 Å². The van der Waals surface area contributed by atoms with Crippen LogP contribution < -0.4 is 5.73 Å². The largest absolute Gasteiger partial charge is 0.320 e. The molecule has 3 nitrogen and oxygen atoms in total. The fourth-order valence-corrected chi connectivity index (χ4v) is 3.01. The van der Waals surface area contributed by atoms with Crippen LogP contribution in [0.25, 0.3) is 0 Å². The van der Waals surface area contributed by atoms with Gasteiger partial charge in [0.05, 0.1) is 6.54 Å². The molecular formula is C17H25N3. The van der Waals surface area contributed by atoms with E-state index >= 15 is 0 Å². The highest BCUT2D eigenvalue weighted by atomic mass is 15.2. The van der Waals surface area contributed by atoms with Gasteiger partial charge in [-0.3, -0.25) is 4.90 Å². The average Bonchev–Trinajstić information content (AvgIpc) is 2.78. The second-order valence-corrected chi connectivity index (χ2v) is 5.91. The van der Waals surface area contributed by atoms with Crippen molar-refractivity contribution < 1.29 is 0 Å². The number of rotatable bonds is 3. The number of hydrogen-bond donors (Lipinski definition) is 1. The van der Waals surface area contributed by atoms with Crippen molar-refractivity contribution in [2.24, 2.45) is 11.7 Å². The van der Waals surface area contributed by atoms with E-state index in [0.717, 1.165) is 24.6 Å². The third-order valence-corrected chi connectivity index (χ3v) is 3.98. The second-order valence-electron chi connectivity index (χ2n) is 5.91. The number of likely N-dealkylation sites (tertiary alicyclic amines) is 1. The Morgan fingerprint density at radius 1 is 1.35 bits per heavy atom. The molecule has 2 rings (SSSR count). The van der Waals surface area contributed by atoms with E-state index in [0.29, 0.717) is 12.6 Å². The van der Waals surface area contributed by atoms with E-state index < -0.39 is 0 Å². The number of hydrogen-bond acceptors (Lipinski definition) is 3. The van der Waals surface area contributed by atoms with Crippen LogP contribution >= 0.6 is 0 Å². The molecule has 1 aliphatic heterocycles. The molecule has 2 unspecified atom stereocenters. The first-order valence-electron chi connectivity index (χ1n) is 7.27. The Balaban J connectivity index is 2.01. The van der Waals surface area contributed by atoms with E-state index in [1.54, 1.807) is 0 Å². The Hall–Kier alpha value is -1.34. The molecule has 1 fully saturated rings. The molecule has 1 aliphatic rings. The zero-order chi connectivity index (χ0) is 14.5. The molecule has 3 heteroatoms. The van der Waals surface area contributed by atoms with Gasteiger partial charge in [0, 0.05) is 31.2 Å². The van der Waals surface area contributed by atoms with Crippen molar-refractivity contribution in [2.75, 3.05) is 33.7 Å². The highest BCUT2D eigenvalue weighted by molar-refractivity contribution is 5.37. The van der Waals surface area contributed by atoms with Gasteiger partial charge < -0.3 is 10.6 Å². The lowest BCUT2D eigenvalue weighted by molar-refractivity contribution is 0.250. The van der Waals surface area contributed by atoms with Crippen LogP contribution in [-0.2, 0) is 6.54 Å². The maximum absolute atomic E-state index is 5.42. The van der Waals surface area contributed by atoms with Crippen LogP contribution in [0, 0.1) is 17.8 Å². The molecule has 0 saturated carbocycles. The van der Waals surface area contributed by atoms with Crippen LogP contribution in [0.15, 0.2) is 24.3 Å². The van der Waals surface area contributed by atoms with Crippen molar-refractivity contribution in [1.82, 2.24) is 9.80 Å². The fourth-order valence-electron chi connectivity index (χ4n) is 3.01. The topological polar surface area (TPSA) is 32.5 Å². The van der Waals surface area contributed by atoms with E-state index in [4.69, 9.17) is 5.73 Å². The van der Waals surface area contributed by atoms with E-state index in [-0.39, 0.29) is 0 Å². The summed E-state index contributed by atoms with van der Waals surface area (Å²) in [4.78, 5) is 4.87. The monoisotopic (exact) mass is 271 g/mol. The van der Waals surface area contributed by atoms with Gasteiger partial charge in [0.1, 0.15) is 0 Å². The van der Waals surface area contributed by atoms with Crippen LogP contribution in [0.3, 0.4) is 0 Å². The Labute approximate surface area is 122 Å². The minimum atomic E-state index is 0.415. The molecule has 1 aromatic carbocycles. The van der Waals surface area contributed by atoms with Crippen molar-refractivity contribution in [2.45, 2.75) is 19.5 Å². The van der Waals surface area contributed by atoms with Gasteiger partial charge in [0.25, 0.3) is 0 Å². The first kappa shape index (κ1) is 15.1. The van der Waals surface area contributed by atoms with Gasteiger partial charge in [0.15, 0.2) is 0 Å². The van der Waals surface area contributed by atoms with Crippen molar-refractivity contribution in [3.05, 3.63) is 35.4 Å². The summed E-state index contributed by atoms with van der Waals surface area (Å²) in [7, 11) is 4.35. The summed E-state index contributed by atoms with van der Waals surface area (Å²) in [6.45, 7) is 6.08. The number of nitrogens with zero attached hydrogens (tertiary/aromatic N) is 2. The summed E-state index contributed by atoms with van der Waals surface area (Å²) in [5.74, 6) is 6.74. The van der Waals surface area contributed by atoms with Crippen LogP contribution in [0.1, 0.15) is 18.1 Å². The van der Waals surface area contributed by atoms with Crippen LogP contribution in [-0.4, -0.2) is 49.6 Å². The first-order valence-corrected chi connectivity index (χ1v) is 7.27. The van der Waals surface area contributed by atoms with Gasteiger partial charge in [-0.1, -0.05) is 30.9 Å². The van der Waals surface area contributed by atoms with Gasteiger partial charge >= 0.3 is 0 Å². The van der Waals surface area contributed by atoms with Gasteiger partial charge in [-0.25, -0.2) is 0 Å². The molecule has 0 aliphatic carbocycles. The maximum atomic E-state index is 5.42. The van der Waals surface area contributed by atoms with Gasteiger partial charge in [-0.05, 0) is 37.7 Å². The van der Waals surface area contributed by atoms with Gasteiger partial charge in [0.2, 0.25) is 0 Å². The van der Waals surface area contributed by atoms with E-state index in [1.165, 1.54) is 12.1 Å². The molecule has 0 aromatic heterocycles. The molecule has 108 valence electrons. The molecule has 0 spiro atoms. The average molecular weight is 271 g/mol. The highest BCUT2D eigenvalue weighted by Crippen LogP contribution is 2.22. The molecule has 1 saturated heterocycles. The van der Waals surface area contributed by atoms with E-state index in [9.17, 15) is 0 Å². The quantitative estimate of drug-likeness (QED) is 0.843. The predicted molar refractivity (Wildman–Crippen MR) is 84.3 cm³/mol. The Morgan fingerprint density at radius 2 is 2.15 bits per heavy atom. The lowest BCUT2D eigenvalue weighted by Crippen LogP contribution is -2.34. The first-order chi connectivity index (χ1) is 9.60. The smallest absolute Gasteiger partial charge is 0.0555 e. The minimum Gasteiger partial charge on any atom is -0.320 e.